The molecule has 0 spiro atoms. The number of ether oxygens (including phenoxy) is 1. The Labute approximate surface area is 175 Å². The Morgan fingerprint density at radius 1 is 1.00 bits per heavy atom. The molecule has 0 aliphatic carbocycles. The van der Waals surface area contributed by atoms with Crippen LogP contribution in [0.25, 0.3) is 0 Å². The molecule has 0 N–H and O–H groups in total. The molecule has 1 heterocycles. The van der Waals surface area contributed by atoms with Crippen LogP contribution in [-0.4, -0.2) is 11.7 Å². The maximum atomic E-state index is 12.5. The largest absolute Gasteiger partial charge is 0.457 e. The van der Waals surface area contributed by atoms with Crippen molar-refractivity contribution in [2.24, 2.45) is 0 Å². The van der Waals surface area contributed by atoms with Crippen LogP contribution in [0.1, 0.15) is 10.9 Å². The van der Waals surface area contributed by atoms with E-state index >= 15 is 0 Å². The fourth-order valence-electron chi connectivity index (χ4n) is 2.92. The minimum Gasteiger partial charge on any atom is -0.457 e. The van der Waals surface area contributed by atoms with E-state index in [2.05, 4.69) is 22.0 Å². The average molecular weight is 461 g/mol. The van der Waals surface area contributed by atoms with E-state index in [0.29, 0.717) is 22.3 Å². The zero-order chi connectivity index (χ0) is 18.8. The second-order valence-electron chi connectivity index (χ2n) is 6.03. The van der Waals surface area contributed by atoms with Crippen molar-refractivity contribution in [3.8, 4) is 11.5 Å². The van der Waals surface area contributed by atoms with Crippen LogP contribution in [0.4, 0.5) is 5.69 Å². The minimum atomic E-state index is -0.0296. The normalized spacial score (nSPS) is 16.6. The molecule has 1 aliphatic heterocycles. The highest BCUT2D eigenvalue weighted by atomic mass is 79.9. The van der Waals surface area contributed by atoms with Crippen molar-refractivity contribution >= 4 is 50.9 Å². The molecule has 6 heteroatoms. The van der Waals surface area contributed by atoms with Crippen LogP contribution in [-0.2, 0) is 4.79 Å². The van der Waals surface area contributed by atoms with Crippen LogP contribution in [0.3, 0.4) is 0 Å². The molecule has 1 saturated heterocycles. The standard InChI is InChI=1S/C21H15BrClNO2S/c22-15-3-1-2-14(12-15)21-24(20(25)13-27-21)17-6-10-19(11-7-17)26-18-8-4-16(23)5-9-18/h1-12,21H,13H2/t21-/m0/s1. The number of nitrogens with zero attached hydrogens (tertiary/aromatic N) is 1. The molecular formula is C21H15BrClNO2S. The van der Waals surface area contributed by atoms with E-state index in [0.717, 1.165) is 15.7 Å². The fraction of sp³-hybridized carbons (Fsp3) is 0.0952. The maximum Gasteiger partial charge on any atom is 0.238 e. The summed E-state index contributed by atoms with van der Waals surface area (Å²) in [5, 5.41) is 0.638. The Morgan fingerprint density at radius 2 is 1.67 bits per heavy atom. The third-order valence-corrected chi connectivity index (χ3v) is 6.12. The molecule has 0 aromatic heterocycles. The minimum absolute atomic E-state index is 0.0296. The van der Waals surface area contributed by atoms with Crippen molar-refractivity contribution in [1.82, 2.24) is 0 Å². The number of anilines is 1. The van der Waals surface area contributed by atoms with Gasteiger partial charge in [0.25, 0.3) is 0 Å². The molecule has 0 saturated carbocycles. The first-order valence-corrected chi connectivity index (χ1v) is 10.5. The second kappa shape index (κ2) is 7.97. The number of hydrogen-bond donors (Lipinski definition) is 0. The van der Waals surface area contributed by atoms with Crippen LogP contribution in [0, 0.1) is 0 Å². The first kappa shape index (κ1) is 18.4. The number of amides is 1. The summed E-state index contributed by atoms with van der Waals surface area (Å²) in [6.45, 7) is 0. The third-order valence-electron chi connectivity index (χ3n) is 4.17. The van der Waals surface area contributed by atoms with Gasteiger partial charge < -0.3 is 4.74 Å². The smallest absolute Gasteiger partial charge is 0.238 e. The van der Waals surface area contributed by atoms with Gasteiger partial charge in [-0.1, -0.05) is 39.7 Å². The maximum absolute atomic E-state index is 12.5. The van der Waals surface area contributed by atoms with Gasteiger partial charge in [0.15, 0.2) is 0 Å². The Hall–Kier alpha value is -1.95. The first-order valence-electron chi connectivity index (χ1n) is 8.33. The van der Waals surface area contributed by atoms with Gasteiger partial charge in [0, 0.05) is 15.2 Å². The van der Waals surface area contributed by atoms with Gasteiger partial charge in [-0.25, -0.2) is 0 Å². The Kier molecular flexibility index (Phi) is 5.43. The molecule has 136 valence electrons. The molecule has 1 fully saturated rings. The van der Waals surface area contributed by atoms with Crippen molar-refractivity contribution in [3.05, 3.63) is 87.9 Å². The molecule has 3 aromatic carbocycles. The SMILES string of the molecule is O=C1CS[C@@H](c2cccc(Br)c2)N1c1ccc(Oc2ccc(Cl)cc2)cc1. The molecule has 27 heavy (non-hydrogen) atoms. The molecule has 1 atom stereocenters. The lowest BCUT2D eigenvalue weighted by molar-refractivity contribution is -0.115. The van der Waals surface area contributed by atoms with Crippen molar-refractivity contribution in [1.29, 1.82) is 0 Å². The average Bonchev–Trinajstić information content (AvgIpc) is 3.06. The Bertz CT molecular complexity index is 963. The highest BCUT2D eigenvalue weighted by Gasteiger charge is 2.34. The van der Waals surface area contributed by atoms with Gasteiger partial charge in [-0.15, -0.1) is 11.8 Å². The Balaban J connectivity index is 1.56. The van der Waals surface area contributed by atoms with Crippen LogP contribution >= 0.6 is 39.3 Å². The highest BCUT2D eigenvalue weighted by molar-refractivity contribution is 9.10. The fourth-order valence-corrected chi connectivity index (χ4v) is 4.63. The summed E-state index contributed by atoms with van der Waals surface area (Å²) in [6, 6.07) is 22.9. The van der Waals surface area contributed by atoms with Gasteiger partial charge in [-0.3, -0.25) is 9.69 Å². The molecule has 0 radical (unpaired) electrons. The lowest BCUT2D eigenvalue weighted by Gasteiger charge is -2.24. The highest BCUT2D eigenvalue weighted by Crippen LogP contribution is 2.42. The quantitative estimate of drug-likeness (QED) is 0.435. The van der Waals surface area contributed by atoms with Gasteiger partial charge in [-0.2, -0.15) is 0 Å². The first-order chi connectivity index (χ1) is 13.1. The summed E-state index contributed by atoms with van der Waals surface area (Å²) < 4.78 is 6.84. The lowest BCUT2D eigenvalue weighted by atomic mass is 10.2. The van der Waals surface area contributed by atoms with Crippen LogP contribution in [0.5, 0.6) is 11.5 Å². The van der Waals surface area contributed by atoms with Crippen molar-refractivity contribution in [2.75, 3.05) is 10.7 Å². The molecule has 3 aromatic rings. The predicted molar refractivity (Wildman–Crippen MR) is 115 cm³/mol. The van der Waals surface area contributed by atoms with Gasteiger partial charge in [-0.05, 0) is 66.2 Å². The van der Waals surface area contributed by atoms with Crippen LogP contribution < -0.4 is 9.64 Å². The summed E-state index contributed by atoms with van der Waals surface area (Å²) in [5.74, 6) is 2.00. The molecule has 3 nitrogen and oxygen atoms in total. The second-order valence-corrected chi connectivity index (χ2v) is 8.45. The molecule has 0 bridgehead atoms. The zero-order valence-electron chi connectivity index (χ0n) is 14.1. The zero-order valence-corrected chi connectivity index (χ0v) is 17.3. The number of carbonyl (C=O) groups excluding carboxylic acids is 1. The van der Waals surface area contributed by atoms with Gasteiger partial charge in [0.2, 0.25) is 5.91 Å². The topological polar surface area (TPSA) is 29.5 Å². The van der Waals surface area contributed by atoms with Crippen LogP contribution in [0.15, 0.2) is 77.3 Å². The summed E-state index contributed by atoms with van der Waals surface area (Å²) in [5.41, 5.74) is 1.96. The van der Waals surface area contributed by atoms with Crippen molar-refractivity contribution < 1.29 is 9.53 Å². The van der Waals surface area contributed by atoms with Gasteiger partial charge >= 0.3 is 0 Å². The number of carbonyl (C=O) groups is 1. The summed E-state index contributed by atoms with van der Waals surface area (Å²) in [6.07, 6.45) is 0. The van der Waals surface area contributed by atoms with Gasteiger partial charge in [0.1, 0.15) is 16.9 Å². The van der Waals surface area contributed by atoms with E-state index in [1.54, 1.807) is 23.9 Å². The van der Waals surface area contributed by atoms with Gasteiger partial charge in [0.05, 0.1) is 5.75 Å². The van der Waals surface area contributed by atoms with Crippen molar-refractivity contribution in [2.45, 2.75) is 5.37 Å². The monoisotopic (exact) mass is 459 g/mol. The molecule has 4 rings (SSSR count). The number of hydrogen-bond acceptors (Lipinski definition) is 3. The van der Waals surface area contributed by atoms with E-state index in [9.17, 15) is 4.79 Å². The van der Waals surface area contributed by atoms with E-state index in [1.807, 2.05) is 59.5 Å². The summed E-state index contributed by atoms with van der Waals surface area (Å²) >= 11 is 11.0. The number of benzene rings is 3. The number of halogens is 2. The predicted octanol–water partition coefficient (Wildman–Crippen LogP) is 6.67. The Morgan fingerprint density at radius 3 is 2.33 bits per heavy atom. The number of rotatable bonds is 4. The number of thioether (sulfide) groups is 1. The van der Waals surface area contributed by atoms with E-state index in [-0.39, 0.29) is 11.3 Å². The third kappa shape index (κ3) is 4.15. The van der Waals surface area contributed by atoms with E-state index in [1.165, 1.54) is 0 Å². The van der Waals surface area contributed by atoms with E-state index in [4.69, 9.17) is 16.3 Å². The lowest BCUT2D eigenvalue weighted by Crippen LogP contribution is -2.27. The molecule has 0 unspecified atom stereocenters. The molecular weight excluding hydrogens is 446 g/mol. The molecule has 1 amide bonds. The molecule has 1 aliphatic rings. The van der Waals surface area contributed by atoms with Crippen LogP contribution in [0.2, 0.25) is 5.02 Å². The summed E-state index contributed by atoms with van der Waals surface area (Å²) in [7, 11) is 0. The summed E-state index contributed by atoms with van der Waals surface area (Å²) in [4.78, 5) is 14.3. The van der Waals surface area contributed by atoms with E-state index < -0.39 is 0 Å². The van der Waals surface area contributed by atoms with Crippen molar-refractivity contribution in [3.63, 3.8) is 0 Å².